The van der Waals surface area contributed by atoms with Crippen LogP contribution in [-0.4, -0.2) is 47.6 Å². The van der Waals surface area contributed by atoms with E-state index in [0.29, 0.717) is 24.9 Å². The molecule has 2 amide bonds. The number of aliphatic hydroxyl groups is 1. The summed E-state index contributed by atoms with van der Waals surface area (Å²) in [5.41, 5.74) is 4.39. The van der Waals surface area contributed by atoms with Crippen molar-refractivity contribution >= 4 is 11.8 Å². The van der Waals surface area contributed by atoms with Gasteiger partial charge in [-0.15, -0.1) is 0 Å². The number of likely N-dealkylation sites (tertiary alicyclic amines) is 1. The molecule has 1 heterocycles. The first-order valence-corrected chi connectivity index (χ1v) is 7.44. The molecule has 3 N–H and O–H groups in total. The predicted octanol–water partition coefficient (Wildman–Crippen LogP) is 0.606. The second kappa shape index (κ2) is 6.95. The van der Waals surface area contributed by atoms with Crippen molar-refractivity contribution in [2.75, 3.05) is 20.2 Å². The number of rotatable bonds is 5. The summed E-state index contributed by atoms with van der Waals surface area (Å²) in [5, 5.41) is 10.4. The van der Waals surface area contributed by atoms with E-state index in [1.165, 1.54) is 24.1 Å². The molecule has 1 aliphatic heterocycles. The van der Waals surface area contributed by atoms with E-state index >= 15 is 0 Å². The first-order valence-electron chi connectivity index (χ1n) is 7.44. The zero-order chi connectivity index (χ0) is 17.0. The summed E-state index contributed by atoms with van der Waals surface area (Å²) in [4.78, 5) is 24.9. The van der Waals surface area contributed by atoms with Gasteiger partial charge in [0, 0.05) is 13.1 Å². The Hall–Kier alpha value is -2.15. The number of β-amino-alcohol motifs (C(OH)–C–C–N with tert-alkyl or cyclic N) is 1. The number of carbonyl (C=O) groups excluding carboxylic acids is 2. The summed E-state index contributed by atoms with van der Waals surface area (Å²) in [6, 6.07) is 4.35. The lowest BCUT2D eigenvalue weighted by molar-refractivity contribution is -0.141. The zero-order valence-corrected chi connectivity index (χ0v) is 13.0. The summed E-state index contributed by atoms with van der Waals surface area (Å²) >= 11 is 0. The molecule has 1 aliphatic rings. The number of carbonyl (C=O) groups is 2. The monoisotopic (exact) mass is 324 g/mol. The highest BCUT2D eigenvalue weighted by Crippen LogP contribution is 2.25. The standard InChI is InChI=1S/C16H21FN2O4/c1-23-13-4-3-11(7-12(13)17)8-15(21)19-6-2-5-16(22,10-19)9-14(18)20/h3-4,7,22H,2,5-6,8-10H2,1H3,(H2,18,20). The highest BCUT2D eigenvalue weighted by Gasteiger charge is 2.36. The fourth-order valence-electron chi connectivity index (χ4n) is 2.90. The van der Waals surface area contributed by atoms with E-state index < -0.39 is 17.3 Å². The molecular formula is C16H21FN2O4. The number of halogens is 1. The summed E-state index contributed by atoms with van der Waals surface area (Å²) in [7, 11) is 1.37. The average molecular weight is 324 g/mol. The minimum absolute atomic E-state index is 0.0214. The number of hydrogen-bond donors (Lipinski definition) is 2. The number of primary amides is 1. The fourth-order valence-corrected chi connectivity index (χ4v) is 2.90. The van der Waals surface area contributed by atoms with Gasteiger partial charge in [-0.05, 0) is 30.5 Å². The van der Waals surface area contributed by atoms with Gasteiger partial charge in [0.05, 0.1) is 25.6 Å². The molecule has 6 nitrogen and oxygen atoms in total. The minimum atomic E-state index is -1.27. The molecule has 1 saturated heterocycles. The first-order chi connectivity index (χ1) is 10.8. The lowest BCUT2D eigenvalue weighted by atomic mass is 9.89. The highest BCUT2D eigenvalue weighted by molar-refractivity contribution is 5.79. The van der Waals surface area contributed by atoms with Crippen LogP contribution < -0.4 is 10.5 Å². The number of nitrogens with zero attached hydrogens (tertiary/aromatic N) is 1. The van der Waals surface area contributed by atoms with Gasteiger partial charge in [-0.25, -0.2) is 4.39 Å². The van der Waals surface area contributed by atoms with E-state index in [9.17, 15) is 19.1 Å². The van der Waals surface area contributed by atoms with Crippen molar-refractivity contribution < 1.29 is 23.8 Å². The Balaban J connectivity index is 2.02. The number of ether oxygens (including phenoxy) is 1. The fraction of sp³-hybridized carbons (Fsp3) is 0.500. The Morgan fingerprint density at radius 3 is 2.83 bits per heavy atom. The van der Waals surface area contributed by atoms with Crippen LogP contribution in [-0.2, 0) is 16.0 Å². The quantitative estimate of drug-likeness (QED) is 0.830. The molecule has 126 valence electrons. The molecular weight excluding hydrogens is 303 g/mol. The minimum Gasteiger partial charge on any atom is -0.494 e. The van der Waals surface area contributed by atoms with E-state index in [1.54, 1.807) is 6.07 Å². The Morgan fingerprint density at radius 1 is 1.48 bits per heavy atom. The third kappa shape index (κ3) is 4.41. The molecule has 23 heavy (non-hydrogen) atoms. The number of methoxy groups -OCH3 is 1. The van der Waals surface area contributed by atoms with E-state index in [4.69, 9.17) is 10.5 Å². The maximum absolute atomic E-state index is 13.7. The molecule has 2 rings (SSSR count). The van der Waals surface area contributed by atoms with Crippen LogP contribution in [0.2, 0.25) is 0 Å². The zero-order valence-electron chi connectivity index (χ0n) is 13.0. The van der Waals surface area contributed by atoms with Gasteiger partial charge in [0.1, 0.15) is 0 Å². The summed E-state index contributed by atoms with van der Waals surface area (Å²) in [6.45, 7) is 0.561. The SMILES string of the molecule is COc1ccc(CC(=O)N2CCCC(O)(CC(N)=O)C2)cc1F. The van der Waals surface area contributed by atoms with E-state index in [0.717, 1.165) is 0 Å². The number of nitrogens with two attached hydrogens (primary N) is 1. The van der Waals surface area contributed by atoms with Crippen molar-refractivity contribution in [3.05, 3.63) is 29.6 Å². The lowest BCUT2D eigenvalue weighted by Crippen LogP contribution is -2.52. The van der Waals surface area contributed by atoms with Crippen molar-refractivity contribution in [3.8, 4) is 5.75 Å². The Bertz CT molecular complexity index is 608. The van der Waals surface area contributed by atoms with Crippen LogP contribution in [0.1, 0.15) is 24.8 Å². The van der Waals surface area contributed by atoms with Crippen molar-refractivity contribution in [3.63, 3.8) is 0 Å². The van der Waals surface area contributed by atoms with Crippen LogP contribution >= 0.6 is 0 Å². The van der Waals surface area contributed by atoms with E-state index in [-0.39, 0.29) is 31.0 Å². The first kappa shape index (κ1) is 17.2. The maximum Gasteiger partial charge on any atom is 0.227 e. The van der Waals surface area contributed by atoms with Crippen LogP contribution in [0.15, 0.2) is 18.2 Å². The number of hydrogen-bond acceptors (Lipinski definition) is 4. The van der Waals surface area contributed by atoms with Crippen LogP contribution in [0.3, 0.4) is 0 Å². The van der Waals surface area contributed by atoms with E-state index in [2.05, 4.69) is 0 Å². The van der Waals surface area contributed by atoms with Gasteiger partial charge >= 0.3 is 0 Å². The Kier molecular flexibility index (Phi) is 5.20. The van der Waals surface area contributed by atoms with Gasteiger partial charge in [0.15, 0.2) is 11.6 Å². The van der Waals surface area contributed by atoms with Crippen molar-refractivity contribution in [2.45, 2.75) is 31.3 Å². The maximum atomic E-state index is 13.7. The van der Waals surface area contributed by atoms with Gasteiger partial charge < -0.3 is 20.5 Å². The summed E-state index contributed by atoms with van der Waals surface area (Å²) in [6.07, 6.45) is 0.866. The van der Waals surface area contributed by atoms with Crippen LogP contribution in [0.5, 0.6) is 5.75 Å². The third-order valence-electron chi connectivity index (χ3n) is 3.98. The summed E-state index contributed by atoms with van der Waals surface area (Å²) in [5.74, 6) is -1.23. The van der Waals surface area contributed by atoms with Crippen LogP contribution in [0, 0.1) is 5.82 Å². The third-order valence-corrected chi connectivity index (χ3v) is 3.98. The van der Waals surface area contributed by atoms with Crippen molar-refractivity contribution in [1.29, 1.82) is 0 Å². The second-order valence-corrected chi connectivity index (χ2v) is 5.93. The van der Waals surface area contributed by atoms with Gasteiger partial charge in [-0.1, -0.05) is 6.07 Å². The lowest BCUT2D eigenvalue weighted by Gasteiger charge is -2.38. The predicted molar refractivity (Wildman–Crippen MR) is 81.2 cm³/mol. The average Bonchev–Trinajstić information content (AvgIpc) is 2.46. The van der Waals surface area contributed by atoms with Gasteiger partial charge in [0.2, 0.25) is 11.8 Å². The molecule has 0 spiro atoms. The molecule has 7 heteroatoms. The number of piperidine rings is 1. The van der Waals surface area contributed by atoms with E-state index in [1.807, 2.05) is 0 Å². The number of benzene rings is 1. The normalized spacial score (nSPS) is 21.1. The smallest absolute Gasteiger partial charge is 0.227 e. The molecule has 0 aliphatic carbocycles. The van der Waals surface area contributed by atoms with Gasteiger partial charge in [0.25, 0.3) is 0 Å². The molecule has 0 bridgehead atoms. The molecule has 1 unspecified atom stereocenters. The molecule has 1 atom stereocenters. The Labute approximate surface area is 134 Å². The molecule has 1 aromatic rings. The highest BCUT2D eigenvalue weighted by atomic mass is 19.1. The molecule has 0 aromatic heterocycles. The molecule has 0 saturated carbocycles. The van der Waals surface area contributed by atoms with Gasteiger partial charge in [-0.3, -0.25) is 9.59 Å². The molecule has 1 fully saturated rings. The van der Waals surface area contributed by atoms with Crippen molar-refractivity contribution in [2.24, 2.45) is 5.73 Å². The largest absolute Gasteiger partial charge is 0.494 e. The molecule has 1 aromatic carbocycles. The topological polar surface area (TPSA) is 92.9 Å². The molecule has 0 radical (unpaired) electrons. The Morgan fingerprint density at radius 2 is 2.22 bits per heavy atom. The summed E-state index contributed by atoms with van der Waals surface area (Å²) < 4.78 is 18.5. The van der Waals surface area contributed by atoms with Gasteiger partial charge in [-0.2, -0.15) is 0 Å². The second-order valence-electron chi connectivity index (χ2n) is 5.93. The van der Waals surface area contributed by atoms with Crippen LogP contribution in [0.4, 0.5) is 4.39 Å². The van der Waals surface area contributed by atoms with Crippen LogP contribution in [0.25, 0.3) is 0 Å². The number of amides is 2. The van der Waals surface area contributed by atoms with Crippen molar-refractivity contribution in [1.82, 2.24) is 4.90 Å².